The molecule has 1 unspecified atom stereocenters. The van der Waals surface area contributed by atoms with E-state index in [-0.39, 0.29) is 17.7 Å². The van der Waals surface area contributed by atoms with Gasteiger partial charge in [-0.25, -0.2) is 0 Å². The number of amides is 2. The summed E-state index contributed by atoms with van der Waals surface area (Å²) in [6, 6.07) is 14.5. The second kappa shape index (κ2) is 9.15. The minimum Gasteiger partial charge on any atom is -0.361 e. The molecule has 2 heterocycles. The lowest BCUT2D eigenvalue weighted by atomic mass is 9.88. The number of piperidine rings is 1. The summed E-state index contributed by atoms with van der Waals surface area (Å²) in [7, 11) is 0. The number of hydrogen-bond acceptors (Lipinski definition) is 2. The van der Waals surface area contributed by atoms with Gasteiger partial charge in [-0.05, 0) is 60.6 Å². The summed E-state index contributed by atoms with van der Waals surface area (Å²) < 4.78 is 0. The number of carbonyl (C=O) groups excluding carboxylic acids is 2. The third-order valence-electron chi connectivity index (χ3n) is 6.19. The van der Waals surface area contributed by atoms with Crippen molar-refractivity contribution in [3.63, 3.8) is 0 Å². The van der Waals surface area contributed by atoms with Crippen LogP contribution in [0.25, 0.3) is 10.9 Å². The number of H-pyrrole nitrogens is 1. The molecule has 0 bridgehead atoms. The summed E-state index contributed by atoms with van der Waals surface area (Å²) >= 11 is 5.91. The van der Waals surface area contributed by atoms with Crippen molar-refractivity contribution in [1.29, 1.82) is 0 Å². The molecule has 1 aliphatic rings. The molecular formula is C25H28ClN3O2. The lowest BCUT2D eigenvalue weighted by Crippen LogP contribution is -2.52. The van der Waals surface area contributed by atoms with Crippen LogP contribution in [0.5, 0.6) is 0 Å². The molecule has 162 valence electrons. The van der Waals surface area contributed by atoms with Crippen LogP contribution in [0.15, 0.2) is 54.7 Å². The topological polar surface area (TPSA) is 65.2 Å². The normalized spacial score (nSPS) is 15.9. The predicted octanol–water partition coefficient (Wildman–Crippen LogP) is 4.98. The van der Waals surface area contributed by atoms with E-state index >= 15 is 0 Å². The fraction of sp³-hybridized carbons (Fsp3) is 0.360. The number of carbonyl (C=O) groups is 2. The van der Waals surface area contributed by atoms with Crippen molar-refractivity contribution in [1.82, 2.24) is 15.2 Å². The zero-order chi connectivity index (χ0) is 22.0. The van der Waals surface area contributed by atoms with Gasteiger partial charge in [0.05, 0.1) is 0 Å². The number of benzene rings is 2. The van der Waals surface area contributed by atoms with Gasteiger partial charge in [0.2, 0.25) is 5.91 Å². The molecule has 4 rings (SSSR count). The standard InChI is InChI=1S/C25H28ClN3O2/c1-16(2)23(28-24(30)18-7-9-19(26)10-8-18)25(31)29-13-11-17(12-14-29)21-15-27-22-6-4-3-5-20(21)22/h3-10,15-17,23,27H,11-14H2,1-2H3,(H,28,30). The smallest absolute Gasteiger partial charge is 0.251 e. The van der Waals surface area contributed by atoms with Crippen molar-refractivity contribution in [3.05, 3.63) is 70.9 Å². The highest BCUT2D eigenvalue weighted by Gasteiger charge is 2.32. The summed E-state index contributed by atoms with van der Waals surface area (Å²) in [6.45, 7) is 5.32. The first-order valence-electron chi connectivity index (χ1n) is 10.8. The number of nitrogens with zero attached hydrogens (tertiary/aromatic N) is 1. The van der Waals surface area contributed by atoms with Gasteiger partial charge in [-0.1, -0.05) is 43.6 Å². The van der Waals surface area contributed by atoms with Crippen molar-refractivity contribution in [3.8, 4) is 0 Å². The van der Waals surface area contributed by atoms with Crippen LogP contribution in [-0.4, -0.2) is 40.8 Å². The highest BCUT2D eigenvalue weighted by atomic mass is 35.5. The third-order valence-corrected chi connectivity index (χ3v) is 6.45. The average Bonchev–Trinajstić information content (AvgIpc) is 3.21. The highest BCUT2D eigenvalue weighted by molar-refractivity contribution is 6.30. The van der Waals surface area contributed by atoms with E-state index in [1.54, 1.807) is 24.3 Å². The number of nitrogens with one attached hydrogen (secondary N) is 2. The molecule has 31 heavy (non-hydrogen) atoms. The first-order valence-corrected chi connectivity index (χ1v) is 11.2. The number of para-hydroxylation sites is 1. The van der Waals surface area contributed by atoms with Crippen molar-refractivity contribution in [2.24, 2.45) is 5.92 Å². The van der Waals surface area contributed by atoms with Gasteiger partial charge in [0.1, 0.15) is 6.04 Å². The van der Waals surface area contributed by atoms with Gasteiger partial charge in [0.15, 0.2) is 0 Å². The maximum Gasteiger partial charge on any atom is 0.251 e. The molecule has 0 spiro atoms. The molecule has 5 nitrogen and oxygen atoms in total. The van der Waals surface area contributed by atoms with Gasteiger partial charge in [0.25, 0.3) is 5.91 Å². The van der Waals surface area contributed by atoms with Crippen LogP contribution in [0, 0.1) is 5.92 Å². The third kappa shape index (κ3) is 4.62. The molecule has 0 radical (unpaired) electrons. The number of halogens is 1. The Morgan fingerprint density at radius 1 is 1.06 bits per heavy atom. The van der Waals surface area contributed by atoms with Crippen molar-refractivity contribution < 1.29 is 9.59 Å². The van der Waals surface area contributed by atoms with E-state index < -0.39 is 6.04 Å². The summed E-state index contributed by atoms with van der Waals surface area (Å²) in [5.41, 5.74) is 2.99. The summed E-state index contributed by atoms with van der Waals surface area (Å²) in [5.74, 6) is 0.170. The lowest BCUT2D eigenvalue weighted by Gasteiger charge is -2.35. The van der Waals surface area contributed by atoms with Gasteiger partial charge in [-0.15, -0.1) is 0 Å². The van der Waals surface area contributed by atoms with Gasteiger partial charge in [0, 0.05) is 40.8 Å². The molecule has 2 aromatic carbocycles. The Morgan fingerprint density at radius 2 is 1.74 bits per heavy atom. The molecule has 1 saturated heterocycles. The number of rotatable bonds is 5. The fourth-order valence-electron chi connectivity index (χ4n) is 4.38. The van der Waals surface area contributed by atoms with Crippen molar-refractivity contribution in [2.75, 3.05) is 13.1 Å². The second-order valence-corrected chi connectivity index (χ2v) is 9.03. The largest absolute Gasteiger partial charge is 0.361 e. The van der Waals surface area contributed by atoms with Gasteiger partial charge < -0.3 is 15.2 Å². The summed E-state index contributed by atoms with van der Waals surface area (Å²) in [5, 5.41) is 4.78. The van der Waals surface area contributed by atoms with Gasteiger partial charge in [-0.2, -0.15) is 0 Å². The van der Waals surface area contributed by atoms with Crippen molar-refractivity contribution >= 4 is 34.3 Å². The molecule has 1 atom stereocenters. The van der Waals surface area contributed by atoms with E-state index in [2.05, 4.69) is 34.7 Å². The van der Waals surface area contributed by atoms with Crippen LogP contribution in [-0.2, 0) is 4.79 Å². The highest BCUT2D eigenvalue weighted by Crippen LogP contribution is 2.33. The van der Waals surface area contributed by atoms with Crippen LogP contribution in [0.1, 0.15) is 48.5 Å². The number of likely N-dealkylation sites (tertiary alicyclic amines) is 1. The minimum atomic E-state index is -0.548. The number of fused-ring (bicyclic) bond motifs is 1. The van der Waals surface area contributed by atoms with Crippen LogP contribution >= 0.6 is 11.6 Å². The first-order chi connectivity index (χ1) is 14.9. The first kappa shape index (κ1) is 21.4. The van der Waals surface area contributed by atoms with E-state index in [1.807, 2.05) is 24.8 Å². The average molecular weight is 438 g/mol. The molecule has 1 aromatic heterocycles. The number of hydrogen-bond donors (Lipinski definition) is 2. The minimum absolute atomic E-state index is 0.00455. The quantitative estimate of drug-likeness (QED) is 0.591. The molecule has 2 N–H and O–H groups in total. The Kier molecular flexibility index (Phi) is 6.33. The van der Waals surface area contributed by atoms with Crippen LogP contribution in [0.4, 0.5) is 0 Å². The Bertz CT molecular complexity index is 1070. The number of aromatic nitrogens is 1. The van der Waals surface area contributed by atoms with E-state index in [0.717, 1.165) is 18.4 Å². The van der Waals surface area contributed by atoms with Gasteiger partial charge >= 0.3 is 0 Å². The van der Waals surface area contributed by atoms with Crippen LogP contribution < -0.4 is 5.32 Å². The Morgan fingerprint density at radius 3 is 2.42 bits per heavy atom. The molecule has 0 saturated carbocycles. The molecule has 1 fully saturated rings. The fourth-order valence-corrected chi connectivity index (χ4v) is 4.50. The Hall–Kier alpha value is -2.79. The second-order valence-electron chi connectivity index (χ2n) is 8.59. The summed E-state index contributed by atoms with van der Waals surface area (Å²) in [4.78, 5) is 31.2. The monoisotopic (exact) mass is 437 g/mol. The Labute approximate surface area is 187 Å². The molecule has 1 aliphatic heterocycles. The molecular weight excluding hydrogens is 410 g/mol. The van der Waals surface area contributed by atoms with E-state index in [9.17, 15) is 9.59 Å². The zero-order valence-corrected chi connectivity index (χ0v) is 18.7. The molecule has 2 amide bonds. The maximum atomic E-state index is 13.3. The van der Waals surface area contributed by atoms with E-state index in [4.69, 9.17) is 11.6 Å². The zero-order valence-electron chi connectivity index (χ0n) is 17.9. The number of aromatic amines is 1. The Balaban J connectivity index is 1.41. The predicted molar refractivity (Wildman–Crippen MR) is 124 cm³/mol. The molecule has 6 heteroatoms. The van der Waals surface area contributed by atoms with Gasteiger partial charge in [-0.3, -0.25) is 9.59 Å². The SMILES string of the molecule is CC(C)C(NC(=O)c1ccc(Cl)cc1)C(=O)N1CCC(c2c[nH]c3ccccc23)CC1. The van der Waals surface area contributed by atoms with Crippen LogP contribution in [0.2, 0.25) is 5.02 Å². The summed E-state index contributed by atoms with van der Waals surface area (Å²) in [6.07, 6.45) is 3.95. The van der Waals surface area contributed by atoms with Crippen molar-refractivity contribution in [2.45, 2.75) is 38.6 Å². The van der Waals surface area contributed by atoms with E-state index in [1.165, 1.54) is 10.9 Å². The molecule has 3 aromatic rings. The molecule has 0 aliphatic carbocycles. The maximum absolute atomic E-state index is 13.3. The van der Waals surface area contributed by atoms with Crippen LogP contribution in [0.3, 0.4) is 0 Å². The van der Waals surface area contributed by atoms with E-state index in [0.29, 0.717) is 29.6 Å². The lowest BCUT2D eigenvalue weighted by molar-refractivity contribution is -0.135.